The number of carbonyl (C=O) groups excluding carboxylic acids is 1. The molecule has 23 heavy (non-hydrogen) atoms. The van der Waals surface area contributed by atoms with Crippen LogP contribution in [0.1, 0.15) is 49.4 Å². The Bertz CT molecular complexity index is 828. The molecule has 0 saturated heterocycles. The number of nitrogens with one attached hydrogen (secondary N) is 1. The predicted molar refractivity (Wildman–Crippen MR) is 85.7 cm³/mol. The first kappa shape index (κ1) is 15.7. The highest BCUT2D eigenvalue weighted by Gasteiger charge is 2.35. The van der Waals surface area contributed by atoms with Crippen LogP contribution < -0.4 is 5.56 Å². The third-order valence-corrected chi connectivity index (χ3v) is 4.23. The molecule has 1 amide bonds. The Balaban J connectivity index is 2.09. The van der Waals surface area contributed by atoms with Crippen LogP contribution in [0, 0.1) is 0 Å². The predicted octanol–water partition coefficient (Wildman–Crippen LogP) is 1.31. The summed E-state index contributed by atoms with van der Waals surface area (Å²) in [4.78, 5) is 30.0. The van der Waals surface area contributed by atoms with Crippen molar-refractivity contribution in [3.8, 4) is 0 Å². The van der Waals surface area contributed by atoms with Gasteiger partial charge in [0.1, 0.15) is 11.3 Å². The van der Waals surface area contributed by atoms with E-state index in [1.165, 1.54) is 4.52 Å². The number of H-pyrrole nitrogens is 1. The normalized spacial score (nSPS) is 16.2. The number of aromatic nitrogens is 3. The Morgan fingerprint density at radius 1 is 1.39 bits per heavy atom. The van der Waals surface area contributed by atoms with Crippen LogP contribution in [-0.4, -0.2) is 45.2 Å². The number of carbonyl (C=O) groups is 1. The van der Waals surface area contributed by atoms with Gasteiger partial charge in [0.05, 0.1) is 30.5 Å². The molecule has 0 saturated carbocycles. The monoisotopic (exact) mass is 318 g/mol. The summed E-state index contributed by atoms with van der Waals surface area (Å²) in [6.45, 7) is 8.72. The van der Waals surface area contributed by atoms with Gasteiger partial charge in [0.15, 0.2) is 0 Å². The van der Waals surface area contributed by atoms with Crippen molar-refractivity contribution in [1.82, 2.24) is 19.5 Å². The summed E-state index contributed by atoms with van der Waals surface area (Å²) < 4.78 is 6.47. The molecule has 1 atom stereocenters. The average molecular weight is 318 g/mol. The van der Waals surface area contributed by atoms with Crippen molar-refractivity contribution in [1.29, 1.82) is 0 Å². The lowest BCUT2D eigenvalue weighted by Gasteiger charge is -2.22. The maximum absolute atomic E-state index is 12.7. The fourth-order valence-electron chi connectivity index (χ4n) is 2.83. The molecular weight excluding hydrogens is 296 g/mol. The zero-order chi connectivity index (χ0) is 16.9. The maximum atomic E-state index is 12.7. The Kier molecular flexibility index (Phi) is 3.55. The third-order valence-electron chi connectivity index (χ3n) is 4.23. The molecule has 124 valence electrons. The topological polar surface area (TPSA) is 79.7 Å². The molecule has 0 aromatic carbocycles. The van der Waals surface area contributed by atoms with Gasteiger partial charge in [-0.05, 0) is 6.92 Å². The van der Waals surface area contributed by atoms with Crippen LogP contribution in [0.3, 0.4) is 0 Å². The van der Waals surface area contributed by atoms with Crippen molar-refractivity contribution in [3.05, 3.63) is 33.4 Å². The van der Waals surface area contributed by atoms with E-state index >= 15 is 0 Å². The molecule has 3 heterocycles. The van der Waals surface area contributed by atoms with Gasteiger partial charge in [0, 0.05) is 18.6 Å². The van der Waals surface area contributed by atoms with Crippen LogP contribution in [0.15, 0.2) is 10.9 Å². The summed E-state index contributed by atoms with van der Waals surface area (Å²) in [6.07, 6.45) is 0. The number of nitrogens with zero attached hydrogens (tertiary/aromatic N) is 3. The van der Waals surface area contributed by atoms with Crippen molar-refractivity contribution in [2.24, 2.45) is 0 Å². The first-order valence-electron chi connectivity index (χ1n) is 7.69. The van der Waals surface area contributed by atoms with E-state index in [1.807, 2.05) is 33.8 Å². The summed E-state index contributed by atoms with van der Waals surface area (Å²) >= 11 is 0. The van der Waals surface area contributed by atoms with Crippen LogP contribution in [0.4, 0.5) is 0 Å². The number of methoxy groups -OCH3 is 1. The fourth-order valence-corrected chi connectivity index (χ4v) is 2.83. The van der Waals surface area contributed by atoms with E-state index < -0.39 is 0 Å². The number of hydrogen-bond donors (Lipinski definition) is 1. The van der Waals surface area contributed by atoms with Crippen molar-refractivity contribution < 1.29 is 9.53 Å². The van der Waals surface area contributed by atoms with Crippen LogP contribution in [-0.2, 0) is 16.7 Å². The lowest BCUT2D eigenvalue weighted by molar-refractivity contribution is 0.0584. The Morgan fingerprint density at radius 2 is 2.09 bits per heavy atom. The Morgan fingerprint density at radius 3 is 2.70 bits per heavy atom. The van der Waals surface area contributed by atoms with Crippen LogP contribution in [0.25, 0.3) is 5.65 Å². The van der Waals surface area contributed by atoms with E-state index in [9.17, 15) is 9.59 Å². The number of ether oxygens (including phenoxy) is 1. The minimum Gasteiger partial charge on any atom is -0.383 e. The number of fused-ring (bicyclic) bond motifs is 2. The molecule has 7 nitrogen and oxygen atoms in total. The van der Waals surface area contributed by atoms with Gasteiger partial charge in [-0.2, -0.15) is 9.61 Å². The molecule has 0 radical (unpaired) electrons. The lowest BCUT2D eigenvalue weighted by Crippen LogP contribution is -2.36. The SMILES string of the molecule is COCC(C)N1Cc2c([nH]c3cc(C(C)(C)C)nn3c2=O)C1=O. The second-order valence-corrected chi connectivity index (χ2v) is 7.10. The van der Waals surface area contributed by atoms with Crippen molar-refractivity contribution in [2.45, 2.75) is 45.7 Å². The standard InChI is InChI=1S/C16H22N4O3/c1-9(8-23-5)19-7-10-13(15(19)22)17-12-6-11(16(2,3)4)18-20(12)14(10)21/h6,9,17H,7-8H2,1-5H3. The van der Waals surface area contributed by atoms with Crippen molar-refractivity contribution in [2.75, 3.05) is 13.7 Å². The molecule has 2 aromatic heterocycles. The number of amides is 1. The fraction of sp³-hybridized carbons (Fsp3) is 0.562. The summed E-state index contributed by atoms with van der Waals surface area (Å²) in [6, 6.07) is 1.74. The average Bonchev–Trinajstić information content (AvgIpc) is 3.02. The van der Waals surface area contributed by atoms with Gasteiger partial charge in [-0.15, -0.1) is 0 Å². The number of aromatic amines is 1. The molecule has 0 bridgehead atoms. The first-order valence-corrected chi connectivity index (χ1v) is 7.69. The van der Waals surface area contributed by atoms with Crippen molar-refractivity contribution >= 4 is 11.6 Å². The molecule has 2 aromatic rings. The molecule has 3 rings (SSSR count). The van der Waals surface area contributed by atoms with E-state index in [4.69, 9.17) is 4.74 Å². The molecule has 1 aliphatic rings. The highest BCUT2D eigenvalue weighted by molar-refractivity contribution is 5.97. The molecule has 7 heteroatoms. The second-order valence-electron chi connectivity index (χ2n) is 7.10. The minimum absolute atomic E-state index is 0.0924. The lowest BCUT2D eigenvalue weighted by atomic mass is 9.93. The number of hydrogen-bond acceptors (Lipinski definition) is 4. The summed E-state index contributed by atoms with van der Waals surface area (Å²) in [7, 11) is 1.59. The van der Waals surface area contributed by atoms with Crippen molar-refractivity contribution in [3.63, 3.8) is 0 Å². The van der Waals surface area contributed by atoms with E-state index in [2.05, 4.69) is 10.1 Å². The van der Waals surface area contributed by atoms with Gasteiger partial charge < -0.3 is 14.6 Å². The van der Waals surface area contributed by atoms with E-state index in [0.29, 0.717) is 23.5 Å². The van der Waals surface area contributed by atoms with Crippen LogP contribution in [0.2, 0.25) is 0 Å². The van der Waals surface area contributed by atoms with Crippen LogP contribution >= 0.6 is 0 Å². The molecule has 0 aliphatic carbocycles. The zero-order valence-corrected chi connectivity index (χ0v) is 14.1. The van der Waals surface area contributed by atoms with Gasteiger partial charge in [-0.3, -0.25) is 9.59 Å². The molecule has 0 spiro atoms. The Hall–Kier alpha value is -2.15. The van der Waals surface area contributed by atoms with Gasteiger partial charge in [0.25, 0.3) is 11.5 Å². The van der Waals surface area contributed by atoms with Gasteiger partial charge >= 0.3 is 0 Å². The molecule has 1 unspecified atom stereocenters. The molecular formula is C16H22N4O3. The second kappa shape index (κ2) is 5.19. The smallest absolute Gasteiger partial charge is 0.280 e. The quantitative estimate of drug-likeness (QED) is 0.925. The zero-order valence-electron chi connectivity index (χ0n) is 14.1. The number of rotatable bonds is 3. The molecule has 1 aliphatic heterocycles. The first-order chi connectivity index (χ1) is 10.7. The highest BCUT2D eigenvalue weighted by atomic mass is 16.5. The van der Waals surface area contributed by atoms with E-state index in [-0.39, 0.29) is 29.5 Å². The highest BCUT2D eigenvalue weighted by Crippen LogP contribution is 2.24. The van der Waals surface area contributed by atoms with Crippen LogP contribution in [0.5, 0.6) is 0 Å². The molecule has 0 fully saturated rings. The van der Waals surface area contributed by atoms with E-state index in [0.717, 1.165) is 5.69 Å². The summed E-state index contributed by atoms with van der Waals surface area (Å²) in [5, 5.41) is 4.41. The summed E-state index contributed by atoms with van der Waals surface area (Å²) in [5.74, 6) is -0.164. The van der Waals surface area contributed by atoms with Gasteiger partial charge in [-0.25, -0.2) is 0 Å². The van der Waals surface area contributed by atoms with Gasteiger partial charge in [-0.1, -0.05) is 20.8 Å². The summed E-state index contributed by atoms with van der Waals surface area (Å²) in [5.41, 5.74) is 1.80. The van der Waals surface area contributed by atoms with Gasteiger partial charge in [0.2, 0.25) is 0 Å². The van der Waals surface area contributed by atoms with E-state index in [1.54, 1.807) is 12.0 Å². The minimum atomic E-state index is -0.232. The molecule has 1 N–H and O–H groups in total. The largest absolute Gasteiger partial charge is 0.383 e. The maximum Gasteiger partial charge on any atom is 0.280 e. The third kappa shape index (κ3) is 2.45. The Labute approximate surface area is 134 Å².